The van der Waals surface area contributed by atoms with Crippen LogP contribution in [0.1, 0.15) is 38.2 Å². The first-order valence-corrected chi connectivity index (χ1v) is 10.6. The van der Waals surface area contributed by atoms with Crippen LogP contribution in [-0.4, -0.2) is 65.9 Å². The van der Waals surface area contributed by atoms with Crippen LogP contribution in [0, 0.1) is 5.92 Å². The number of carbonyl (C=O) groups is 4. The number of ether oxygens (including phenoxy) is 1. The predicted molar refractivity (Wildman–Crippen MR) is 109 cm³/mol. The van der Waals surface area contributed by atoms with E-state index in [0.717, 1.165) is 5.56 Å². The van der Waals surface area contributed by atoms with Gasteiger partial charge in [-0.2, -0.15) is 0 Å². The molecule has 8 heteroatoms. The molecular formula is C22H29N3O5. The lowest BCUT2D eigenvalue weighted by molar-refractivity contribution is -0.151. The zero-order valence-electron chi connectivity index (χ0n) is 17.3. The number of nitrogens with zero attached hydrogens (tertiary/aromatic N) is 2. The molecule has 1 atom stereocenters. The number of amides is 4. The van der Waals surface area contributed by atoms with Gasteiger partial charge < -0.3 is 15.0 Å². The molecule has 0 aromatic heterocycles. The fourth-order valence-corrected chi connectivity index (χ4v) is 3.92. The molecule has 162 valence electrons. The molecule has 2 aliphatic rings. The number of piperidine rings is 1. The third-order valence-electron chi connectivity index (χ3n) is 5.69. The zero-order chi connectivity index (χ0) is 21.5. The highest BCUT2D eigenvalue weighted by Gasteiger charge is 2.38. The molecule has 1 aromatic rings. The molecule has 4 amide bonds. The summed E-state index contributed by atoms with van der Waals surface area (Å²) in [6, 6.07) is 8.62. The third-order valence-corrected chi connectivity index (χ3v) is 5.69. The minimum Gasteiger partial charge on any atom is -0.466 e. The Balaban J connectivity index is 1.42. The first-order chi connectivity index (χ1) is 14.5. The summed E-state index contributed by atoms with van der Waals surface area (Å²) >= 11 is 0. The summed E-state index contributed by atoms with van der Waals surface area (Å²) in [5, 5.41) is 2.69. The van der Waals surface area contributed by atoms with Crippen molar-refractivity contribution in [1.82, 2.24) is 15.1 Å². The first kappa shape index (κ1) is 21.8. The first-order valence-electron chi connectivity index (χ1n) is 10.6. The van der Waals surface area contributed by atoms with E-state index in [4.69, 9.17) is 4.74 Å². The molecule has 2 aliphatic heterocycles. The molecule has 1 aromatic carbocycles. The van der Waals surface area contributed by atoms with Gasteiger partial charge in [0.25, 0.3) is 5.91 Å². The van der Waals surface area contributed by atoms with Crippen molar-refractivity contribution < 1.29 is 23.9 Å². The summed E-state index contributed by atoms with van der Waals surface area (Å²) in [7, 11) is 0. The average Bonchev–Trinajstić information content (AvgIpc) is 3.04. The van der Waals surface area contributed by atoms with E-state index in [-0.39, 0.29) is 36.5 Å². The number of hydrogen-bond donors (Lipinski definition) is 1. The van der Waals surface area contributed by atoms with Crippen LogP contribution in [0.25, 0.3) is 0 Å². The van der Waals surface area contributed by atoms with Gasteiger partial charge in [0, 0.05) is 26.1 Å². The standard InChI is InChI=1S/C22H29N3O5/c1-2-30-21(28)17-11-13-24(14-12-17)19(26)9-8-18-20(27)25(22(29)23-18)15-10-16-6-4-3-5-7-16/h3-7,17-18H,2,8-15H2,1H3,(H,23,29). The normalized spacial score (nSPS) is 19.7. The summed E-state index contributed by atoms with van der Waals surface area (Å²) < 4.78 is 5.05. The highest BCUT2D eigenvalue weighted by molar-refractivity contribution is 6.04. The largest absolute Gasteiger partial charge is 0.466 e. The highest BCUT2D eigenvalue weighted by atomic mass is 16.5. The van der Waals surface area contributed by atoms with Crippen LogP contribution < -0.4 is 5.32 Å². The van der Waals surface area contributed by atoms with E-state index >= 15 is 0 Å². The molecule has 0 aliphatic carbocycles. The van der Waals surface area contributed by atoms with Crippen LogP contribution in [0.5, 0.6) is 0 Å². The molecule has 2 saturated heterocycles. The summed E-state index contributed by atoms with van der Waals surface area (Å²) in [6.45, 7) is 3.48. The van der Waals surface area contributed by atoms with Crippen LogP contribution in [0.4, 0.5) is 4.79 Å². The maximum absolute atomic E-state index is 12.6. The molecule has 30 heavy (non-hydrogen) atoms. The summed E-state index contributed by atoms with van der Waals surface area (Å²) in [4.78, 5) is 52.0. The van der Waals surface area contributed by atoms with Crippen LogP contribution in [0.3, 0.4) is 0 Å². The lowest BCUT2D eigenvalue weighted by atomic mass is 9.96. The quantitative estimate of drug-likeness (QED) is 0.515. The van der Waals surface area contributed by atoms with Crippen LogP contribution in [-0.2, 0) is 25.5 Å². The minimum atomic E-state index is -0.658. The third kappa shape index (κ3) is 5.37. The van der Waals surface area contributed by atoms with Gasteiger partial charge in [-0.25, -0.2) is 4.79 Å². The van der Waals surface area contributed by atoms with E-state index in [1.54, 1.807) is 11.8 Å². The maximum Gasteiger partial charge on any atom is 0.324 e. The monoisotopic (exact) mass is 415 g/mol. The van der Waals surface area contributed by atoms with Gasteiger partial charge >= 0.3 is 12.0 Å². The SMILES string of the molecule is CCOC(=O)C1CCN(C(=O)CCC2NC(=O)N(CCc3ccccc3)C2=O)CC1. The fourth-order valence-electron chi connectivity index (χ4n) is 3.92. The number of likely N-dealkylation sites (tertiary alicyclic amines) is 1. The van der Waals surface area contributed by atoms with Crippen molar-refractivity contribution in [3.05, 3.63) is 35.9 Å². The molecule has 3 rings (SSSR count). The Morgan fingerprint density at radius 2 is 1.83 bits per heavy atom. The fraction of sp³-hybridized carbons (Fsp3) is 0.545. The molecule has 0 bridgehead atoms. The second-order valence-corrected chi connectivity index (χ2v) is 7.67. The van der Waals surface area contributed by atoms with Crippen molar-refractivity contribution in [2.45, 2.75) is 45.1 Å². The number of nitrogens with one attached hydrogen (secondary N) is 1. The van der Waals surface area contributed by atoms with Crippen molar-refractivity contribution in [3.8, 4) is 0 Å². The predicted octanol–water partition coefficient (Wildman–Crippen LogP) is 1.73. The Hall–Kier alpha value is -2.90. The maximum atomic E-state index is 12.6. The van der Waals surface area contributed by atoms with Gasteiger partial charge in [-0.05, 0) is 38.2 Å². The molecular weight excluding hydrogens is 386 g/mol. The molecule has 2 fully saturated rings. The van der Waals surface area contributed by atoms with Crippen LogP contribution in [0.15, 0.2) is 30.3 Å². The molecule has 2 heterocycles. The number of esters is 1. The second kappa shape index (κ2) is 10.2. The number of hydrogen-bond acceptors (Lipinski definition) is 5. The van der Waals surface area contributed by atoms with Crippen molar-refractivity contribution >= 4 is 23.8 Å². The van der Waals surface area contributed by atoms with Crippen LogP contribution >= 0.6 is 0 Å². The van der Waals surface area contributed by atoms with Crippen LogP contribution in [0.2, 0.25) is 0 Å². The van der Waals surface area contributed by atoms with Gasteiger partial charge in [-0.3, -0.25) is 19.3 Å². The van der Waals surface area contributed by atoms with E-state index in [1.807, 2.05) is 30.3 Å². The van der Waals surface area contributed by atoms with E-state index in [1.165, 1.54) is 4.90 Å². The van der Waals surface area contributed by atoms with Crippen molar-refractivity contribution in [2.24, 2.45) is 5.92 Å². The second-order valence-electron chi connectivity index (χ2n) is 7.67. The number of imide groups is 1. The highest BCUT2D eigenvalue weighted by Crippen LogP contribution is 2.20. The average molecular weight is 415 g/mol. The Labute approximate surface area is 176 Å². The number of carbonyl (C=O) groups excluding carboxylic acids is 4. The number of benzene rings is 1. The molecule has 8 nitrogen and oxygen atoms in total. The van der Waals surface area contributed by atoms with Crippen molar-refractivity contribution in [2.75, 3.05) is 26.2 Å². The van der Waals surface area contributed by atoms with Gasteiger partial charge in [0.05, 0.1) is 12.5 Å². The Morgan fingerprint density at radius 1 is 1.13 bits per heavy atom. The molecule has 1 N–H and O–H groups in total. The van der Waals surface area contributed by atoms with Crippen molar-refractivity contribution in [3.63, 3.8) is 0 Å². The Morgan fingerprint density at radius 3 is 2.50 bits per heavy atom. The lowest BCUT2D eigenvalue weighted by Crippen LogP contribution is -2.41. The van der Waals surface area contributed by atoms with Crippen molar-refractivity contribution in [1.29, 1.82) is 0 Å². The lowest BCUT2D eigenvalue weighted by Gasteiger charge is -2.31. The van der Waals surface area contributed by atoms with E-state index in [2.05, 4.69) is 5.32 Å². The van der Waals surface area contributed by atoms with Gasteiger partial charge in [0.2, 0.25) is 5.91 Å². The zero-order valence-corrected chi connectivity index (χ0v) is 17.3. The molecule has 0 radical (unpaired) electrons. The topological polar surface area (TPSA) is 96.0 Å². The number of rotatable bonds is 8. The molecule has 0 saturated carbocycles. The summed E-state index contributed by atoms with van der Waals surface area (Å²) in [5.74, 6) is -0.672. The molecule has 0 spiro atoms. The summed E-state index contributed by atoms with van der Waals surface area (Å²) in [5.41, 5.74) is 1.06. The Kier molecular flexibility index (Phi) is 7.43. The minimum absolute atomic E-state index is 0.0536. The Bertz CT molecular complexity index is 774. The summed E-state index contributed by atoms with van der Waals surface area (Å²) in [6.07, 6.45) is 2.26. The van der Waals surface area contributed by atoms with E-state index in [0.29, 0.717) is 45.5 Å². The van der Waals surface area contributed by atoms with Gasteiger partial charge in [-0.1, -0.05) is 30.3 Å². The van der Waals surface area contributed by atoms with Gasteiger partial charge in [-0.15, -0.1) is 0 Å². The van der Waals surface area contributed by atoms with E-state index < -0.39 is 12.1 Å². The smallest absolute Gasteiger partial charge is 0.324 e. The van der Waals surface area contributed by atoms with Gasteiger partial charge in [0.1, 0.15) is 6.04 Å². The number of urea groups is 1. The van der Waals surface area contributed by atoms with Gasteiger partial charge in [0.15, 0.2) is 0 Å². The van der Waals surface area contributed by atoms with E-state index in [9.17, 15) is 19.2 Å². The molecule has 1 unspecified atom stereocenters.